The molecule has 224 valence electrons. The van der Waals surface area contributed by atoms with E-state index in [1.165, 1.54) is 10.6 Å². The fraction of sp³-hybridized carbons (Fsp3) is 0.387. The number of hydrogen-bond donors (Lipinski definition) is 0. The van der Waals surface area contributed by atoms with E-state index in [0.717, 1.165) is 67.5 Å². The molecule has 1 saturated heterocycles. The topological polar surface area (TPSA) is 105 Å². The maximum atomic E-state index is 12.7. The molecule has 4 heterocycles. The van der Waals surface area contributed by atoms with Gasteiger partial charge in [0.15, 0.2) is 0 Å². The average Bonchev–Trinajstić information content (AvgIpc) is 3.48. The second-order valence-electron chi connectivity index (χ2n) is 10.9. The van der Waals surface area contributed by atoms with Gasteiger partial charge in [0.2, 0.25) is 10.0 Å². The molecule has 3 aliphatic rings. The van der Waals surface area contributed by atoms with Gasteiger partial charge in [-0.05, 0) is 30.7 Å². The SMILES string of the molecule is CS(=O)(=O)N1CCc2c(c(-c3ccc(Cl)c(C#CCN4C(=O)c5ccccc5C4=O)c3)nn2CCCN2CCOCC2)C1. The van der Waals surface area contributed by atoms with Crippen LogP contribution in [-0.2, 0) is 34.3 Å². The number of benzene rings is 2. The van der Waals surface area contributed by atoms with Crippen molar-refractivity contribution in [3.8, 4) is 23.1 Å². The van der Waals surface area contributed by atoms with Crippen molar-refractivity contribution in [2.24, 2.45) is 0 Å². The fourth-order valence-corrected chi connectivity index (χ4v) is 6.75. The van der Waals surface area contributed by atoms with E-state index in [-0.39, 0.29) is 24.9 Å². The lowest BCUT2D eigenvalue weighted by atomic mass is 10.0. The van der Waals surface area contributed by atoms with Crippen molar-refractivity contribution in [1.82, 2.24) is 23.9 Å². The molecule has 0 unspecified atom stereocenters. The van der Waals surface area contributed by atoms with Gasteiger partial charge in [-0.3, -0.25) is 24.1 Å². The lowest BCUT2D eigenvalue weighted by molar-refractivity contribution is 0.0368. The summed E-state index contributed by atoms with van der Waals surface area (Å²) in [6, 6.07) is 12.2. The monoisotopic (exact) mass is 621 g/mol. The van der Waals surface area contributed by atoms with Crippen LogP contribution in [0.1, 0.15) is 44.0 Å². The Kier molecular flexibility index (Phi) is 8.40. The van der Waals surface area contributed by atoms with Crippen molar-refractivity contribution in [3.63, 3.8) is 0 Å². The minimum absolute atomic E-state index is 0.0661. The lowest BCUT2D eigenvalue weighted by Crippen LogP contribution is -2.37. The summed E-state index contributed by atoms with van der Waals surface area (Å²) in [6.07, 6.45) is 2.72. The van der Waals surface area contributed by atoms with E-state index in [1.807, 2.05) is 16.8 Å². The zero-order valence-corrected chi connectivity index (χ0v) is 25.5. The molecule has 1 aromatic heterocycles. The van der Waals surface area contributed by atoms with Crippen molar-refractivity contribution < 1.29 is 22.7 Å². The zero-order chi connectivity index (χ0) is 30.1. The summed E-state index contributed by atoms with van der Waals surface area (Å²) in [4.78, 5) is 28.9. The molecule has 3 aliphatic heterocycles. The van der Waals surface area contributed by atoms with Gasteiger partial charge in [0.05, 0.1) is 47.9 Å². The predicted molar refractivity (Wildman–Crippen MR) is 162 cm³/mol. The standard InChI is InChI=1S/C31H32ClN5O5S/c1-43(40,41)35-15-11-28-26(21-35)29(33-37(28)14-5-12-34-16-18-42-19-17-34)23-9-10-27(32)22(20-23)6-4-13-36-30(38)24-7-2-3-8-25(24)31(36)39/h2-3,7-10,20H,5,11-19,21H2,1H3. The minimum atomic E-state index is -3.38. The van der Waals surface area contributed by atoms with Gasteiger partial charge >= 0.3 is 0 Å². The highest BCUT2D eigenvalue weighted by atomic mass is 35.5. The smallest absolute Gasteiger partial charge is 0.262 e. The van der Waals surface area contributed by atoms with Crippen molar-refractivity contribution >= 4 is 33.4 Å². The van der Waals surface area contributed by atoms with Crippen LogP contribution < -0.4 is 0 Å². The number of halogens is 1. The first-order chi connectivity index (χ1) is 20.7. The number of carbonyl (C=O) groups excluding carboxylic acids is 2. The highest BCUT2D eigenvalue weighted by Gasteiger charge is 2.34. The van der Waals surface area contributed by atoms with Gasteiger partial charge in [0, 0.05) is 68.1 Å². The maximum Gasteiger partial charge on any atom is 0.262 e. The van der Waals surface area contributed by atoms with Crippen LogP contribution in [0.4, 0.5) is 0 Å². The fourth-order valence-electron chi connectivity index (χ4n) is 5.80. The summed E-state index contributed by atoms with van der Waals surface area (Å²) < 4.78 is 33.8. The van der Waals surface area contributed by atoms with E-state index in [9.17, 15) is 18.0 Å². The van der Waals surface area contributed by atoms with E-state index < -0.39 is 10.0 Å². The minimum Gasteiger partial charge on any atom is -0.379 e. The molecule has 43 heavy (non-hydrogen) atoms. The Morgan fingerprint density at radius 2 is 1.72 bits per heavy atom. The second-order valence-corrected chi connectivity index (χ2v) is 13.3. The summed E-state index contributed by atoms with van der Waals surface area (Å²) >= 11 is 6.51. The predicted octanol–water partition coefficient (Wildman–Crippen LogP) is 2.89. The Balaban J connectivity index is 1.26. The third kappa shape index (κ3) is 6.12. The van der Waals surface area contributed by atoms with Crippen molar-refractivity contribution in [2.45, 2.75) is 25.9 Å². The van der Waals surface area contributed by atoms with Crippen LogP contribution in [0.15, 0.2) is 42.5 Å². The van der Waals surface area contributed by atoms with E-state index in [4.69, 9.17) is 21.4 Å². The number of morpholine rings is 1. The molecule has 2 amide bonds. The molecule has 6 rings (SSSR count). The number of ether oxygens (including phenoxy) is 1. The lowest BCUT2D eigenvalue weighted by Gasteiger charge is -2.27. The number of fused-ring (bicyclic) bond motifs is 2. The summed E-state index contributed by atoms with van der Waals surface area (Å²) in [5.74, 6) is 5.23. The van der Waals surface area contributed by atoms with E-state index in [0.29, 0.717) is 40.4 Å². The largest absolute Gasteiger partial charge is 0.379 e. The number of sulfonamides is 1. The van der Waals surface area contributed by atoms with Gasteiger partial charge in [-0.1, -0.05) is 41.6 Å². The first kappa shape index (κ1) is 29.5. The Labute approximate surface area is 256 Å². The van der Waals surface area contributed by atoms with E-state index in [2.05, 4.69) is 16.7 Å². The molecule has 12 heteroatoms. The molecular weight excluding hydrogens is 590 g/mol. The molecule has 0 atom stereocenters. The number of amides is 2. The quantitative estimate of drug-likeness (QED) is 0.295. The first-order valence-electron chi connectivity index (χ1n) is 14.3. The van der Waals surface area contributed by atoms with E-state index >= 15 is 0 Å². The highest BCUT2D eigenvalue weighted by molar-refractivity contribution is 7.88. The van der Waals surface area contributed by atoms with Gasteiger partial charge in [-0.25, -0.2) is 8.42 Å². The van der Waals surface area contributed by atoms with E-state index in [1.54, 1.807) is 30.3 Å². The number of imide groups is 1. The highest BCUT2D eigenvalue weighted by Crippen LogP contribution is 2.33. The summed E-state index contributed by atoms with van der Waals surface area (Å²) in [5, 5.41) is 5.41. The molecule has 0 bridgehead atoms. The first-order valence-corrected chi connectivity index (χ1v) is 16.5. The maximum absolute atomic E-state index is 12.7. The molecule has 3 aromatic rings. The number of carbonyl (C=O) groups is 2. The van der Waals surface area contributed by atoms with Crippen molar-refractivity contribution in [1.29, 1.82) is 0 Å². The molecule has 0 aliphatic carbocycles. The van der Waals surface area contributed by atoms with Crippen molar-refractivity contribution in [2.75, 3.05) is 52.2 Å². The number of aryl methyl sites for hydroxylation is 1. The molecule has 10 nitrogen and oxygen atoms in total. The Morgan fingerprint density at radius 1 is 1.00 bits per heavy atom. The van der Waals surface area contributed by atoms with Crippen molar-refractivity contribution in [3.05, 3.63) is 75.4 Å². The Hall–Kier alpha value is -3.53. The summed E-state index contributed by atoms with van der Waals surface area (Å²) in [6.45, 7) is 5.61. The van der Waals surface area contributed by atoms with Crippen LogP contribution in [0.2, 0.25) is 5.02 Å². The van der Waals surface area contributed by atoms with Crippen LogP contribution in [0.5, 0.6) is 0 Å². The van der Waals surface area contributed by atoms with Crippen LogP contribution in [0.25, 0.3) is 11.3 Å². The summed E-state index contributed by atoms with van der Waals surface area (Å²) in [7, 11) is -3.38. The zero-order valence-electron chi connectivity index (χ0n) is 23.9. The number of hydrogen-bond acceptors (Lipinski definition) is 7. The van der Waals surface area contributed by atoms with Gasteiger partial charge in [0.1, 0.15) is 0 Å². The van der Waals surface area contributed by atoms with Crippen LogP contribution >= 0.6 is 11.6 Å². The second kappa shape index (κ2) is 12.2. The third-order valence-corrected chi connectivity index (χ3v) is 9.67. The van der Waals surface area contributed by atoms with Gasteiger partial charge in [0.25, 0.3) is 11.8 Å². The number of aromatic nitrogens is 2. The molecular formula is C31H32ClN5O5S. The normalized spacial score (nSPS) is 17.5. The molecule has 0 saturated carbocycles. The molecule has 1 fully saturated rings. The van der Waals surface area contributed by atoms with Gasteiger partial charge in [-0.2, -0.15) is 9.40 Å². The number of nitrogens with zero attached hydrogens (tertiary/aromatic N) is 5. The average molecular weight is 622 g/mol. The Morgan fingerprint density at radius 3 is 2.42 bits per heavy atom. The summed E-state index contributed by atoms with van der Waals surface area (Å²) in [5.41, 5.74) is 4.69. The number of rotatable bonds is 7. The van der Waals surface area contributed by atoms with Crippen LogP contribution in [-0.4, -0.2) is 96.3 Å². The molecule has 0 N–H and O–H groups in total. The molecule has 2 aromatic carbocycles. The molecule has 0 spiro atoms. The van der Waals surface area contributed by atoms with Crippen LogP contribution in [0, 0.1) is 11.8 Å². The molecule has 0 radical (unpaired) electrons. The van der Waals surface area contributed by atoms with Crippen LogP contribution in [0.3, 0.4) is 0 Å². The third-order valence-electron chi connectivity index (χ3n) is 8.09. The van der Waals surface area contributed by atoms with Gasteiger partial charge in [-0.15, -0.1) is 0 Å². The Bertz CT molecular complexity index is 1720. The van der Waals surface area contributed by atoms with Gasteiger partial charge < -0.3 is 4.74 Å².